The summed E-state index contributed by atoms with van der Waals surface area (Å²) in [5.74, 6) is 0.655. The number of ether oxygens (including phenoxy) is 2. The van der Waals surface area contributed by atoms with Crippen LogP contribution in [-0.4, -0.2) is 14.2 Å². The van der Waals surface area contributed by atoms with Gasteiger partial charge in [0.1, 0.15) is 5.75 Å². The highest BCUT2D eigenvalue weighted by molar-refractivity contribution is 7.17. The van der Waals surface area contributed by atoms with E-state index in [0.717, 1.165) is 15.8 Å². The van der Waals surface area contributed by atoms with E-state index in [9.17, 15) is 4.39 Å². The van der Waals surface area contributed by atoms with Crippen LogP contribution >= 0.6 is 11.3 Å². The first kappa shape index (κ1) is 9.27. The van der Waals surface area contributed by atoms with Gasteiger partial charge in [0.25, 0.3) is 0 Å². The van der Waals surface area contributed by atoms with Crippen LogP contribution in [0.5, 0.6) is 11.5 Å². The van der Waals surface area contributed by atoms with Crippen LogP contribution in [0.1, 0.15) is 0 Å². The molecule has 0 N–H and O–H groups in total. The van der Waals surface area contributed by atoms with Crippen LogP contribution in [0.15, 0.2) is 17.5 Å². The van der Waals surface area contributed by atoms with E-state index >= 15 is 0 Å². The van der Waals surface area contributed by atoms with Gasteiger partial charge in [0, 0.05) is 15.5 Å². The maximum atomic E-state index is 13.3. The molecular formula is C10H9FO2S. The number of rotatable bonds is 2. The van der Waals surface area contributed by atoms with Crippen molar-refractivity contribution in [1.82, 2.24) is 0 Å². The van der Waals surface area contributed by atoms with Crippen LogP contribution in [0, 0.1) is 5.82 Å². The van der Waals surface area contributed by atoms with Crippen molar-refractivity contribution in [3.05, 3.63) is 23.3 Å². The summed E-state index contributed by atoms with van der Waals surface area (Å²) in [5.41, 5.74) is 0. The lowest BCUT2D eigenvalue weighted by atomic mass is 10.2. The molecule has 2 rings (SSSR count). The van der Waals surface area contributed by atoms with Gasteiger partial charge in [-0.05, 0) is 12.1 Å². The lowest BCUT2D eigenvalue weighted by Crippen LogP contribution is -1.87. The second-order valence-electron chi connectivity index (χ2n) is 2.79. The molecule has 1 heterocycles. The van der Waals surface area contributed by atoms with Crippen LogP contribution in [-0.2, 0) is 0 Å². The van der Waals surface area contributed by atoms with E-state index < -0.39 is 0 Å². The molecule has 2 nitrogen and oxygen atoms in total. The molecule has 74 valence electrons. The van der Waals surface area contributed by atoms with Crippen molar-refractivity contribution in [3.8, 4) is 11.5 Å². The van der Waals surface area contributed by atoms with Gasteiger partial charge in [-0.25, -0.2) is 4.39 Å². The average molecular weight is 212 g/mol. The Morgan fingerprint density at radius 1 is 1.14 bits per heavy atom. The number of thiophene rings is 1. The Hall–Kier alpha value is -1.29. The van der Waals surface area contributed by atoms with E-state index in [-0.39, 0.29) is 11.6 Å². The van der Waals surface area contributed by atoms with Crippen molar-refractivity contribution < 1.29 is 13.9 Å². The third-order valence-electron chi connectivity index (χ3n) is 2.03. The fraction of sp³-hybridized carbons (Fsp3) is 0.200. The van der Waals surface area contributed by atoms with Crippen molar-refractivity contribution in [2.45, 2.75) is 0 Å². The van der Waals surface area contributed by atoms with Gasteiger partial charge >= 0.3 is 0 Å². The SMILES string of the molecule is COc1cc2c(OC)csc2cc1F. The number of hydrogen-bond donors (Lipinski definition) is 0. The van der Waals surface area contributed by atoms with Crippen molar-refractivity contribution in [2.24, 2.45) is 0 Å². The topological polar surface area (TPSA) is 18.5 Å². The predicted molar refractivity (Wildman–Crippen MR) is 54.9 cm³/mol. The van der Waals surface area contributed by atoms with Crippen LogP contribution in [0.2, 0.25) is 0 Å². The zero-order chi connectivity index (χ0) is 10.1. The second kappa shape index (κ2) is 3.46. The molecule has 2 aromatic rings. The maximum absolute atomic E-state index is 13.3. The number of hydrogen-bond acceptors (Lipinski definition) is 3. The molecule has 0 aliphatic heterocycles. The minimum Gasteiger partial charge on any atom is -0.495 e. The van der Waals surface area contributed by atoms with E-state index in [2.05, 4.69) is 0 Å². The Morgan fingerprint density at radius 3 is 2.50 bits per heavy atom. The highest BCUT2D eigenvalue weighted by Crippen LogP contribution is 2.35. The quantitative estimate of drug-likeness (QED) is 0.761. The summed E-state index contributed by atoms with van der Waals surface area (Å²) in [4.78, 5) is 0. The van der Waals surface area contributed by atoms with Crippen LogP contribution < -0.4 is 9.47 Å². The molecule has 0 spiro atoms. The Labute approximate surface area is 84.9 Å². The summed E-state index contributed by atoms with van der Waals surface area (Å²) < 4.78 is 24.2. The third kappa shape index (κ3) is 1.32. The van der Waals surface area contributed by atoms with Gasteiger partial charge in [0.2, 0.25) is 0 Å². The highest BCUT2D eigenvalue weighted by atomic mass is 32.1. The van der Waals surface area contributed by atoms with Gasteiger partial charge in [-0.1, -0.05) is 0 Å². The minimum absolute atomic E-state index is 0.245. The van der Waals surface area contributed by atoms with Gasteiger partial charge in [-0.2, -0.15) is 0 Å². The standard InChI is InChI=1S/C10H9FO2S/c1-12-8-3-6-9(13-2)5-14-10(6)4-7(8)11/h3-5H,1-2H3. The highest BCUT2D eigenvalue weighted by Gasteiger charge is 2.09. The zero-order valence-corrected chi connectivity index (χ0v) is 8.65. The average Bonchev–Trinajstić information content (AvgIpc) is 2.58. The van der Waals surface area contributed by atoms with Gasteiger partial charge in [-0.3, -0.25) is 0 Å². The summed E-state index contributed by atoms with van der Waals surface area (Å²) in [6, 6.07) is 3.11. The summed E-state index contributed by atoms with van der Waals surface area (Å²) in [6.45, 7) is 0. The molecule has 0 atom stereocenters. The summed E-state index contributed by atoms with van der Waals surface area (Å²) in [5, 5.41) is 2.74. The fourth-order valence-corrected chi connectivity index (χ4v) is 2.24. The Kier molecular flexibility index (Phi) is 2.29. The lowest BCUT2D eigenvalue weighted by molar-refractivity contribution is 0.387. The van der Waals surface area contributed by atoms with Crippen molar-refractivity contribution in [1.29, 1.82) is 0 Å². The van der Waals surface area contributed by atoms with Gasteiger partial charge in [0.05, 0.1) is 14.2 Å². The van der Waals surface area contributed by atoms with Crippen molar-refractivity contribution in [3.63, 3.8) is 0 Å². The molecule has 0 aliphatic carbocycles. The van der Waals surface area contributed by atoms with E-state index in [1.54, 1.807) is 13.2 Å². The van der Waals surface area contributed by atoms with Gasteiger partial charge in [-0.15, -0.1) is 11.3 Å². The molecule has 1 aromatic carbocycles. The predicted octanol–water partition coefficient (Wildman–Crippen LogP) is 3.06. The van der Waals surface area contributed by atoms with Crippen LogP contribution in [0.25, 0.3) is 10.1 Å². The Bertz CT molecular complexity index is 464. The Morgan fingerprint density at radius 2 is 1.86 bits per heavy atom. The molecule has 14 heavy (non-hydrogen) atoms. The molecule has 0 saturated heterocycles. The normalized spacial score (nSPS) is 10.5. The molecule has 0 unspecified atom stereocenters. The number of benzene rings is 1. The van der Waals surface area contributed by atoms with E-state index in [1.807, 2.05) is 5.38 Å². The van der Waals surface area contributed by atoms with E-state index in [1.165, 1.54) is 24.5 Å². The van der Waals surface area contributed by atoms with E-state index in [0.29, 0.717) is 0 Å². The molecule has 4 heteroatoms. The molecule has 0 bridgehead atoms. The number of methoxy groups -OCH3 is 2. The lowest BCUT2D eigenvalue weighted by Gasteiger charge is -2.02. The molecule has 0 saturated carbocycles. The fourth-order valence-electron chi connectivity index (χ4n) is 1.32. The van der Waals surface area contributed by atoms with Crippen molar-refractivity contribution >= 4 is 21.4 Å². The monoisotopic (exact) mass is 212 g/mol. The molecule has 0 radical (unpaired) electrons. The summed E-state index contributed by atoms with van der Waals surface area (Å²) >= 11 is 1.45. The largest absolute Gasteiger partial charge is 0.495 e. The van der Waals surface area contributed by atoms with Crippen LogP contribution in [0.4, 0.5) is 4.39 Å². The minimum atomic E-state index is -0.343. The zero-order valence-electron chi connectivity index (χ0n) is 7.83. The number of fused-ring (bicyclic) bond motifs is 1. The van der Waals surface area contributed by atoms with E-state index in [4.69, 9.17) is 9.47 Å². The summed E-state index contributed by atoms with van der Waals surface area (Å²) in [7, 11) is 3.04. The molecule has 0 amide bonds. The van der Waals surface area contributed by atoms with Gasteiger partial charge in [0.15, 0.2) is 11.6 Å². The van der Waals surface area contributed by atoms with Crippen LogP contribution in [0.3, 0.4) is 0 Å². The third-order valence-corrected chi connectivity index (χ3v) is 2.96. The summed E-state index contributed by atoms with van der Waals surface area (Å²) in [6.07, 6.45) is 0. The molecule has 1 aromatic heterocycles. The smallest absolute Gasteiger partial charge is 0.166 e. The molecule has 0 fully saturated rings. The molecular weight excluding hydrogens is 203 g/mol. The maximum Gasteiger partial charge on any atom is 0.166 e. The first-order valence-corrected chi connectivity index (χ1v) is 4.93. The molecule has 0 aliphatic rings. The first-order valence-electron chi connectivity index (χ1n) is 4.05. The second-order valence-corrected chi connectivity index (χ2v) is 3.70. The van der Waals surface area contributed by atoms with Gasteiger partial charge < -0.3 is 9.47 Å². The Balaban J connectivity index is 2.70. The number of halogens is 1. The first-order chi connectivity index (χ1) is 6.76. The van der Waals surface area contributed by atoms with Crippen molar-refractivity contribution in [2.75, 3.05) is 14.2 Å².